The van der Waals surface area contributed by atoms with E-state index in [-0.39, 0.29) is 13.2 Å². The van der Waals surface area contributed by atoms with Crippen LogP contribution in [0, 0.1) is 0 Å². The second-order valence-electron chi connectivity index (χ2n) is 2.70. The molecular weight excluding hydrogens is 156 g/mol. The molecule has 0 rings (SSSR count). The lowest BCUT2D eigenvalue weighted by Crippen LogP contribution is -2.19. The maximum absolute atomic E-state index is 8.87. The average Bonchev–Trinajstić information content (AvgIpc) is 2.10. The third-order valence-corrected chi connectivity index (χ3v) is 1.47. The number of allylic oxidation sites excluding steroid dienone is 1. The average molecular weight is 174 g/mol. The van der Waals surface area contributed by atoms with Crippen molar-refractivity contribution in [1.82, 2.24) is 0 Å². The van der Waals surface area contributed by atoms with E-state index in [0.29, 0.717) is 6.61 Å². The molecule has 0 aromatic carbocycles. The summed E-state index contributed by atoms with van der Waals surface area (Å²) < 4.78 is 5.09. The van der Waals surface area contributed by atoms with Crippen molar-refractivity contribution < 1.29 is 14.9 Å². The first kappa shape index (κ1) is 11.6. The molecule has 0 aliphatic carbocycles. The topological polar surface area (TPSA) is 49.7 Å². The van der Waals surface area contributed by atoms with Crippen LogP contribution in [0.1, 0.15) is 19.3 Å². The first-order valence-electron chi connectivity index (χ1n) is 4.28. The summed E-state index contributed by atoms with van der Waals surface area (Å²) in [5.74, 6) is 0. The molecule has 2 N–H and O–H groups in total. The van der Waals surface area contributed by atoms with Crippen LogP contribution in [0.15, 0.2) is 12.7 Å². The molecule has 0 radical (unpaired) electrons. The van der Waals surface area contributed by atoms with Crippen molar-refractivity contribution in [1.29, 1.82) is 0 Å². The quantitative estimate of drug-likeness (QED) is 0.421. The van der Waals surface area contributed by atoms with E-state index in [1.165, 1.54) is 0 Å². The Hall–Kier alpha value is -0.380. The first-order chi connectivity index (χ1) is 5.81. The highest BCUT2D eigenvalue weighted by Gasteiger charge is 1.99. The molecule has 0 saturated carbocycles. The highest BCUT2D eigenvalue weighted by molar-refractivity contribution is 4.65. The summed E-state index contributed by atoms with van der Waals surface area (Å²) in [6.45, 7) is 4.25. The van der Waals surface area contributed by atoms with Crippen LogP contribution in [-0.2, 0) is 4.74 Å². The molecule has 0 heterocycles. The fourth-order valence-corrected chi connectivity index (χ4v) is 0.765. The van der Waals surface area contributed by atoms with Crippen LogP contribution in [0.3, 0.4) is 0 Å². The van der Waals surface area contributed by atoms with Gasteiger partial charge in [0.05, 0.1) is 13.2 Å². The van der Waals surface area contributed by atoms with E-state index in [0.717, 1.165) is 19.3 Å². The van der Waals surface area contributed by atoms with Gasteiger partial charge in [-0.3, -0.25) is 0 Å². The molecule has 72 valence electrons. The number of hydrogen-bond donors (Lipinski definition) is 2. The van der Waals surface area contributed by atoms with Crippen LogP contribution in [0.25, 0.3) is 0 Å². The van der Waals surface area contributed by atoms with Crippen molar-refractivity contribution in [2.45, 2.75) is 25.4 Å². The molecule has 0 aliphatic rings. The van der Waals surface area contributed by atoms with Crippen LogP contribution < -0.4 is 0 Å². The highest BCUT2D eigenvalue weighted by Crippen LogP contribution is 1.96. The summed E-state index contributed by atoms with van der Waals surface area (Å²) in [5, 5.41) is 17.3. The monoisotopic (exact) mass is 174 g/mol. The SMILES string of the molecule is C=CCCCCOCC(O)CO. The lowest BCUT2D eigenvalue weighted by Gasteiger charge is -2.07. The third-order valence-electron chi connectivity index (χ3n) is 1.47. The summed E-state index contributed by atoms with van der Waals surface area (Å²) in [7, 11) is 0. The lowest BCUT2D eigenvalue weighted by molar-refractivity contribution is 0.00541. The number of ether oxygens (including phenoxy) is 1. The minimum atomic E-state index is -0.732. The zero-order valence-corrected chi connectivity index (χ0v) is 7.41. The molecule has 12 heavy (non-hydrogen) atoms. The molecule has 0 fully saturated rings. The molecule has 1 atom stereocenters. The van der Waals surface area contributed by atoms with Crippen molar-refractivity contribution in [3.63, 3.8) is 0 Å². The molecule has 0 aliphatic heterocycles. The van der Waals surface area contributed by atoms with E-state index in [1.54, 1.807) is 0 Å². The lowest BCUT2D eigenvalue weighted by atomic mass is 10.2. The zero-order chi connectivity index (χ0) is 9.23. The smallest absolute Gasteiger partial charge is 0.100 e. The van der Waals surface area contributed by atoms with Crippen LogP contribution in [0.4, 0.5) is 0 Å². The Balaban J connectivity index is 2.95. The first-order valence-corrected chi connectivity index (χ1v) is 4.28. The Morgan fingerprint density at radius 1 is 1.42 bits per heavy atom. The van der Waals surface area contributed by atoms with Gasteiger partial charge in [-0.05, 0) is 19.3 Å². The molecule has 0 saturated heterocycles. The molecule has 0 aromatic heterocycles. The summed E-state index contributed by atoms with van der Waals surface area (Å²) in [4.78, 5) is 0. The van der Waals surface area contributed by atoms with E-state index in [2.05, 4.69) is 6.58 Å². The predicted molar refractivity (Wildman–Crippen MR) is 48.0 cm³/mol. The number of aliphatic hydroxyl groups is 2. The predicted octanol–water partition coefficient (Wildman–Crippen LogP) is 0.712. The van der Waals surface area contributed by atoms with Crippen LogP contribution in [0.5, 0.6) is 0 Å². The largest absolute Gasteiger partial charge is 0.394 e. The summed E-state index contributed by atoms with van der Waals surface area (Å²) in [5.41, 5.74) is 0. The second kappa shape index (κ2) is 8.71. The number of aliphatic hydroxyl groups excluding tert-OH is 2. The van der Waals surface area contributed by atoms with Crippen molar-refractivity contribution in [2.24, 2.45) is 0 Å². The van der Waals surface area contributed by atoms with Crippen LogP contribution in [-0.4, -0.2) is 36.1 Å². The molecule has 1 unspecified atom stereocenters. The Bertz CT molecular complexity index is 104. The van der Waals surface area contributed by atoms with Crippen LogP contribution >= 0.6 is 0 Å². The number of unbranched alkanes of at least 4 members (excludes halogenated alkanes) is 2. The summed E-state index contributed by atoms with van der Waals surface area (Å²) in [6.07, 6.45) is 4.20. The van der Waals surface area contributed by atoms with E-state index in [9.17, 15) is 0 Å². The molecule has 0 spiro atoms. The minimum absolute atomic E-state index is 0.227. The van der Waals surface area contributed by atoms with Gasteiger partial charge in [0, 0.05) is 6.61 Å². The van der Waals surface area contributed by atoms with E-state index < -0.39 is 6.10 Å². The van der Waals surface area contributed by atoms with E-state index in [4.69, 9.17) is 14.9 Å². The van der Waals surface area contributed by atoms with Gasteiger partial charge in [0.25, 0.3) is 0 Å². The van der Waals surface area contributed by atoms with Gasteiger partial charge in [-0.15, -0.1) is 6.58 Å². The maximum atomic E-state index is 8.87. The van der Waals surface area contributed by atoms with Gasteiger partial charge in [-0.2, -0.15) is 0 Å². The highest BCUT2D eigenvalue weighted by atomic mass is 16.5. The fraction of sp³-hybridized carbons (Fsp3) is 0.778. The molecule has 0 bridgehead atoms. The fourth-order valence-electron chi connectivity index (χ4n) is 0.765. The van der Waals surface area contributed by atoms with Gasteiger partial charge in [-0.1, -0.05) is 6.08 Å². The van der Waals surface area contributed by atoms with Gasteiger partial charge in [0.1, 0.15) is 6.10 Å². The number of hydrogen-bond acceptors (Lipinski definition) is 3. The standard InChI is InChI=1S/C9H18O3/c1-2-3-4-5-6-12-8-9(11)7-10/h2,9-11H,1,3-8H2. The Morgan fingerprint density at radius 2 is 2.17 bits per heavy atom. The van der Waals surface area contributed by atoms with Crippen molar-refractivity contribution in [3.05, 3.63) is 12.7 Å². The van der Waals surface area contributed by atoms with Crippen molar-refractivity contribution >= 4 is 0 Å². The van der Waals surface area contributed by atoms with Gasteiger partial charge < -0.3 is 14.9 Å². The van der Waals surface area contributed by atoms with Gasteiger partial charge in [0.15, 0.2) is 0 Å². The van der Waals surface area contributed by atoms with E-state index >= 15 is 0 Å². The molecule has 0 amide bonds. The Morgan fingerprint density at radius 3 is 2.75 bits per heavy atom. The Kier molecular flexibility index (Phi) is 8.44. The minimum Gasteiger partial charge on any atom is -0.394 e. The summed E-state index contributed by atoms with van der Waals surface area (Å²) in [6, 6.07) is 0. The second-order valence-corrected chi connectivity index (χ2v) is 2.70. The molecule has 0 aromatic rings. The maximum Gasteiger partial charge on any atom is 0.100 e. The molecule has 3 heteroatoms. The Labute approximate surface area is 73.7 Å². The molecular formula is C9H18O3. The van der Waals surface area contributed by atoms with Gasteiger partial charge in [0.2, 0.25) is 0 Å². The number of rotatable bonds is 8. The van der Waals surface area contributed by atoms with Crippen LogP contribution in [0.2, 0.25) is 0 Å². The third kappa shape index (κ3) is 7.72. The normalized spacial score (nSPS) is 12.8. The van der Waals surface area contributed by atoms with Crippen molar-refractivity contribution in [2.75, 3.05) is 19.8 Å². The summed E-state index contributed by atoms with van der Waals surface area (Å²) >= 11 is 0. The van der Waals surface area contributed by atoms with Gasteiger partial charge in [-0.25, -0.2) is 0 Å². The van der Waals surface area contributed by atoms with Gasteiger partial charge >= 0.3 is 0 Å². The van der Waals surface area contributed by atoms with E-state index in [1.807, 2.05) is 6.08 Å². The molecule has 3 nitrogen and oxygen atoms in total. The zero-order valence-electron chi connectivity index (χ0n) is 7.41. The van der Waals surface area contributed by atoms with Crippen molar-refractivity contribution in [3.8, 4) is 0 Å².